The predicted molar refractivity (Wildman–Crippen MR) is 98.8 cm³/mol. The number of pyridine rings is 1. The van der Waals surface area contributed by atoms with Crippen molar-refractivity contribution in [1.29, 1.82) is 0 Å². The van der Waals surface area contributed by atoms with E-state index in [2.05, 4.69) is 20.3 Å². The number of carbonyl (C=O) groups excluding carboxylic acids is 2. The van der Waals surface area contributed by atoms with E-state index in [1.807, 2.05) is 17.0 Å². The molecule has 4 rings (SSSR count). The molecule has 1 unspecified atom stereocenters. The lowest BCUT2D eigenvalue weighted by molar-refractivity contribution is -0.135. The number of nitrogens with zero attached hydrogens (tertiary/aromatic N) is 5. The largest absolute Gasteiger partial charge is 0.341 e. The number of hydrogen-bond donors (Lipinski definition) is 1. The van der Waals surface area contributed by atoms with Crippen LogP contribution in [-0.4, -0.2) is 75.3 Å². The maximum Gasteiger partial charge on any atom is 0.257 e. The van der Waals surface area contributed by atoms with Gasteiger partial charge in [-0.15, -0.1) is 0 Å². The summed E-state index contributed by atoms with van der Waals surface area (Å²) in [5.74, 6) is 0.345. The van der Waals surface area contributed by atoms with Crippen molar-refractivity contribution >= 4 is 11.8 Å². The van der Waals surface area contributed by atoms with Gasteiger partial charge >= 0.3 is 0 Å². The Morgan fingerprint density at radius 2 is 1.85 bits per heavy atom. The Morgan fingerprint density at radius 3 is 2.56 bits per heavy atom. The summed E-state index contributed by atoms with van der Waals surface area (Å²) < 4.78 is 0. The molecule has 2 aliphatic rings. The minimum absolute atomic E-state index is 0.0287. The van der Waals surface area contributed by atoms with Gasteiger partial charge in [0.1, 0.15) is 6.04 Å². The van der Waals surface area contributed by atoms with Crippen molar-refractivity contribution in [2.24, 2.45) is 0 Å². The van der Waals surface area contributed by atoms with Gasteiger partial charge < -0.3 is 15.1 Å². The second-order valence-corrected chi connectivity index (χ2v) is 6.79. The fourth-order valence-electron chi connectivity index (χ4n) is 3.56. The Balaban J connectivity index is 1.52. The van der Waals surface area contributed by atoms with Crippen LogP contribution in [0.4, 0.5) is 0 Å². The number of amides is 2. The molecule has 27 heavy (non-hydrogen) atoms. The van der Waals surface area contributed by atoms with Gasteiger partial charge in [0, 0.05) is 63.1 Å². The van der Waals surface area contributed by atoms with E-state index in [9.17, 15) is 9.59 Å². The van der Waals surface area contributed by atoms with Crippen LogP contribution in [0.5, 0.6) is 0 Å². The number of likely N-dealkylation sites (tertiary alicyclic amines) is 1. The topological polar surface area (TPSA) is 91.3 Å². The molecule has 8 heteroatoms. The highest BCUT2D eigenvalue weighted by Gasteiger charge is 2.36. The molecule has 1 atom stereocenters. The number of nitrogens with one attached hydrogen (secondary N) is 1. The van der Waals surface area contributed by atoms with Crippen molar-refractivity contribution in [2.75, 3.05) is 32.7 Å². The van der Waals surface area contributed by atoms with Gasteiger partial charge in [0.2, 0.25) is 5.91 Å². The number of carbonyl (C=O) groups is 2. The number of piperazine rings is 1. The second kappa shape index (κ2) is 7.79. The summed E-state index contributed by atoms with van der Waals surface area (Å²) in [5, 5.41) is 3.23. The molecule has 140 valence electrons. The van der Waals surface area contributed by atoms with Gasteiger partial charge in [-0.05, 0) is 25.0 Å². The van der Waals surface area contributed by atoms with Gasteiger partial charge in [0.25, 0.3) is 5.91 Å². The molecule has 0 saturated carbocycles. The van der Waals surface area contributed by atoms with Crippen molar-refractivity contribution in [3.63, 3.8) is 0 Å². The highest BCUT2D eigenvalue weighted by molar-refractivity contribution is 5.97. The summed E-state index contributed by atoms with van der Waals surface area (Å²) >= 11 is 0. The quantitative estimate of drug-likeness (QED) is 0.854. The number of rotatable bonds is 3. The molecule has 1 N–H and O–H groups in total. The molecule has 8 nitrogen and oxygen atoms in total. The summed E-state index contributed by atoms with van der Waals surface area (Å²) in [6.45, 7) is 3.20. The third-order valence-corrected chi connectivity index (χ3v) is 5.03. The Labute approximate surface area is 157 Å². The molecule has 0 aliphatic carbocycles. The summed E-state index contributed by atoms with van der Waals surface area (Å²) in [5.41, 5.74) is 1.18. The lowest BCUT2D eigenvalue weighted by Gasteiger charge is -2.37. The first-order valence-corrected chi connectivity index (χ1v) is 9.27. The number of hydrogen-bond acceptors (Lipinski definition) is 6. The van der Waals surface area contributed by atoms with Crippen LogP contribution in [0.15, 0.2) is 36.9 Å². The van der Waals surface area contributed by atoms with Crippen molar-refractivity contribution in [3.05, 3.63) is 42.5 Å². The predicted octanol–water partition coefficient (Wildman–Crippen LogP) is 0.575. The average molecular weight is 366 g/mol. The van der Waals surface area contributed by atoms with Gasteiger partial charge in [0.15, 0.2) is 5.82 Å². The first-order valence-electron chi connectivity index (χ1n) is 9.27. The van der Waals surface area contributed by atoms with E-state index >= 15 is 0 Å². The summed E-state index contributed by atoms with van der Waals surface area (Å²) in [4.78, 5) is 42.0. The third-order valence-electron chi connectivity index (χ3n) is 5.03. The molecule has 0 aromatic carbocycles. The van der Waals surface area contributed by atoms with Crippen molar-refractivity contribution in [2.45, 2.75) is 18.9 Å². The van der Waals surface area contributed by atoms with Crippen molar-refractivity contribution in [3.8, 4) is 11.4 Å². The molecular weight excluding hydrogens is 344 g/mol. The first kappa shape index (κ1) is 17.5. The highest BCUT2D eigenvalue weighted by atomic mass is 16.2. The maximum absolute atomic E-state index is 13.0. The van der Waals surface area contributed by atoms with Gasteiger partial charge in [-0.25, -0.2) is 9.97 Å². The Kier molecular flexibility index (Phi) is 5.06. The van der Waals surface area contributed by atoms with E-state index in [-0.39, 0.29) is 11.8 Å². The SMILES string of the molecule is O=C(C1CNCCN1C(=O)c1cnc(-c2cccnc2)nc1)N1CCCC1. The molecule has 4 heterocycles. The zero-order chi connectivity index (χ0) is 18.6. The molecule has 2 saturated heterocycles. The summed E-state index contributed by atoms with van der Waals surface area (Å²) in [7, 11) is 0. The minimum Gasteiger partial charge on any atom is -0.341 e. The average Bonchev–Trinajstić information content (AvgIpc) is 3.28. The fourth-order valence-corrected chi connectivity index (χ4v) is 3.56. The van der Waals surface area contributed by atoms with Crippen LogP contribution in [0.25, 0.3) is 11.4 Å². The van der Waals surface area contributed by atoms with Crippen LogP contribution >= 0.6 is 0 Å². The van der Waals surface area contributed by atoms with E-state index in [4.69, 9.17) is 0 Å². The maximum atomic E-state index is 13.0. The van der Waals surface area contributed by atoms with Crippen molar-refractivity contribution < 1.29 is 9.59 Å². The van der Waals surface area contributed by atoms with E-state index in [1.54, 1.807) is 17.3 Å². The molecule has 0 bridgehead atoms. The van der Waals surface area contributed by atoms with Crippen LogP contribution in [0.2, 0.25) is 0 Å². The lowest BCUT2D eigenvalue weighted by Crippen LogP contribution is -2.59. The van der Waals surface area contributed by atoms with Crippen LogP contribution in [0, 0.1) is 0 Å². The summed E-state index contributed by atoms with van der Waals surface area (Å²) in [6.07, 6.45) is 8.47. The van der Waals surface area contributed by atoms with Gasteiger partial charge in [-0.3, -0.25) is 14.6 Å². The minimum atomic E-state index is -0.470. The van der Waals surface area contributed by atoms with Crippen molar-refractivity contribution in [1.82, 2.24) is 30.1 Å². The molecule has 2 aromatic heterocycles. The number of aromatic nitrogens is 3. The van der Waals surface area contributed by atoms with Gasteiger partial charge in [0.05, 0.1) is 5.56 Å². The van der Waals surface area contributed by atoms with Crippen LogP contribution in [0.1, 0.15) is 23.2 Å². The molecule has 2 aromatic rings. The van der Waals surface area contributed by atoms with Crippen LogP contribution in [-0.2, 0) is 4.79 Å². The third kappa shape index (κ3) is 3.66. The Hall–Kier alpha value is -2.87. The van der Waals surface area contributed by atoms with Crippen LogP contribution < -0.4 is 5.32 Å². The Bertz CT molecular complexity index is 805. The molecule has 0 spiro atoms. The second-order valence-electron chi connectivity index (χ2n) is 6.79. The lowest BCUT2D eigenvalue weighted by atomic mass is 10.1. The standard InChI is InChI=1S/C19H22N6O2/c26-18(15-11-22-17(23-12-15)14-4-3-5-20-10-14)25-9-6-21-13-16(25)19(27)24-7-1-2-8-24/h3-5,10-12,16,21H,1-2,6-9,13H2. The van der Waals surface area contributed by atoms with Crippen LogP contribution in [0.3, 0.4) is 0 Å². The van der Waals surface area contributed by atoms with E-state index in [0.29, 0.717) is 31.0 Å². The zero-order valence-electron chi connectivity index (χ0n) is 15.0. The summed E-state index contributed by atoms with van der Waals surface area (Å²) in [6, 6.07) is 3.21. The molecule has 0 radical (unpaired) electrons. The fraction of sp³-hybridized carbons (Fsp3) is 0.421. The molecular formula is C19H22N6O2. The van der Waals surface area contributed by atoms with E-state index < -0.39 is 6.04 Å². The van der Waals surface area contributed by atoms with Gasteiger partial charge in [-0.2, -0.15) is 0 Å². The first-order chi connectivity index (χ1) is 13.2. The van der Waals surface area contributed by atoms with E-state index in [0.717, 1.165) is 31.5 Å². The molecule has 2 fully saturated rings. The Morgan fingerprint density at radius 1 is 1.07 bits per heavy atom. The monoisotopic (exact) mass is 366 g/mol. The smallest absolute Gasteiger partial charge is 0.257 e. The van der Waals surface area contributed by atoms with Gasteiger partial charge in [-0.1, -0.05) is 0 Å². The van der Waals surface area contributed by atoms with E-state index in [1.165, 1.54) is 12.4 Å². The highest BCUT2D eigenvalue weighted by Crippen LogP contribution is 2.17. The normalized spacial score (nSPS) is 19.9. The molecule has 2 aliphatic heterocycles. The molecule has 2 amide bonds. The zero-order valence-corrected chi connectivity index (χ0v) is 15.0.